The van der Waals surface area contributed by atoms with Gasteiger partial charge in [-0.25, -0.2) is 4.68 Å². The first kappa shape index (κ1) is 16.5. The lowest BCUT2D eigenvalue weighted by atomic mass is 9.52. The van der Waals surface area contributed by atoms with Crippen LogP contribution in [0.3, 0.4) is 0 Å². The zero-order valence-corrected chi connectivity index (χ0v) is 15.0. The Hall–Kier alpha value is -3.00. The minimum absolute atomic E-state index is 0.0701. The number of nitriles is 1. The third kappa shape index (κ3) is 1.99. The lowest BCUT2D eigenvalue weighted by Gasteiger charge is -2.48. The van der Waals surface area contributed by atoms with Gasteiger partial charge in [0.05, 0.1) is 34.1 Å². The molecule has 0 saturated carbocycles. The summed E-state index contributed by atoms with van der Waals surface area (Å²) in [6.07, 6.45) is 3.74. The zero-order valence-electron chi connectivity index (χ0n) is 15.0. The van der Waals surface area contributed by atoms with E-state index in [1.54, 1.807) is 17.0 Å². The number of benzene rings is 1. The maximum atomic E-state index is 13.4. The normalized spacial score (nSPS) is 26.5. The molecule has 0 unspecified atom stereocenters. The van der Waals surface area contributed by atoms with Crippen LogP contribution < -0.4 is 0 Å². The lowest BCUT2D eigenvalue weighted by Crippen LogP contribution is -2.53. The number of Topliss-reactive ketones (excluding diaryl/α,β-unsaturated/α-hetero) is 2. The van der Waals surface area contributed by atoms with Crippen LogP contribution in [0.4, 0.5) is 0 Å². The zero-order chi connectivity index (χ0) is 18.7. The molecule has 0 saturated heterocycles. The summed E-state index contributed by atoms with van der Waals surface area (Å²) < 4.78 is 1.79. The van der Waals surface area contributed by atoms with Crippen molar-refractivity contribution in [3.63, 3.8) is 0 Å². The molecule has 1 heterocycles. The largest absolute Gasteiger partial charge is 0.293 e. The monoisotopic (exact) mass is 345 g/mol. The Balaban J connectivity index is 1.92. The number of carbonyl (C=O) groups excluding carboxylic acids is 2. The van der Waals surface area contributed by atoms with E-state index in [2.05, 4.69) is 5.10 Å². The fraction of sp³-hybridized carbons (Fsp3) is 0.333. The van der Waals surface area contributed by atoms with E-state index >= 15 is 0 Å². The Morgan fingerprint density at radius 3 is 2.50 bits per heavy atom. The van der Waals surface area contributed by atoms with Crippen molar-refractivity contribution in [2.45, 2.75) is 27.2 Å². The average Bonchev–Trinajstić information content (AvgIpc) is 3.06. The molecule has 5 heteroatoms. The van der Waals surface area contributed by atoms with E-state index in [0.717, 1.165) is 11.4 Å². The van der Waals surface area contributed by atoms with Crippen molar-refractivity contribution >= 4 is 11.6 Å². The number of carbonyl (C=O) groups is 2. The number of hydrogen-bond acceptors (Lipinski definition) is 4. The summed E-state index contributed by atoms with van der Waals surface area (Å²) in [5.74, 6) is -0.484. The lowest BCUT2D eigenvalue weighted by molar-refractivity contribution is -0.128. The number of aromatic nitrogens is 2. The third-order valence-corrected chi connectivity index (χ3v) is 5.99. The molecule has 2 aromatic rings. The highest BCUT2D eigenvalue weighted by atomic mass is 16.1. The summed E-state index contributed by atoms with van der Waals surface area (Å²) in [4.78, 5) is 26.1. The fourth-order valence-corrected chi connectivity index (χ4v) is 4.53. The van der Waals surface area contributed by atoms with Crippen LogP contribution in [0.2, 0.25) is 0 Å². The SMILES string of the molecule is CC1(C)C(=O)C(C#N)=C[C@]2(C)C(=O)c3cnn(-c4ccccc4)c3C[C@@H]12. The Bertz CT molecular complexity index is 1010. The highest BCUT2D eigenvalue weighted by Crippen LogP contribution is 2.53. The number of nitrogens with zero attached hydrogens (tertiary/aromatic N) is 3. The first-order valence-electron chi connectivity index (χ1n) is 8.65. The van der Waals surface area contributed by atoms with Crippen LogP contribution in [0.5, 0.6) is 0 Å². The van der Waals surface area contributed by atoms with Gasteiger partial charge in [-0.15, -0.1) is 0 Å². The standard InChI is InChI=1S/C21H19N3O2/c1-20(2)17-9-16-15(12-23-24(16)14-7-5-4-6-8-14)19(26)21(17,3)10-13(11-22)18(20)25/h4-8,10,12,17H,9H2,1-3H3/t17-,21-/m0/s1. The molecule has 0 fully saturated rings. The molecule has 0 amide bonds. The topological polar surface area (TPSA) is 75.8 Å². The molecule has 1 aromatic carbocycles. The summed E-state index contributed by atoms with van der Waals surface area (Å²) >= 11 is 0. The molecule has 5 nitrogen and oxygen atoms in total. The number of rotatable bonds is 1. The summed E-state index contributed by atoms with van der Waals surface area (Å²) in [7, 11) is 0. The van der Waals surface area contributed by atoms with E-state index in [1.807, 2.05) is 57.2 Å². The number of allylic oxidation sites excluding steroid dienone is 2. The number of fused-ring (bicyclic) bond motifs is 2. The average molecular weight is 345 g/mol. The van der Waals surface area contributed by atoms with E-state index in [1.165, 1.54) is 0 Å². The minimum Gasteiger partial charge on any atom is -0.293 e. The second kappa shape index (κ2) is 5.25. The van der Waals surface area contributed by atoms with Gasteiger partial charge in [0.2, 0.25) is 0 Å². The number of para-hydroxylation sites is 1. The van der Waals surface area contributed by atoms with E-state index in [-0.39, 0.29) is 23.1 Å². The van der Waals surface area contributed by atoms with E-state index in [0.29, 0.717) is 12.0 Å². The van der Waals surface area contributed by atoms with Gasteiger partial charge in [0.1, 0.15) is 6.07 Å². The van der Waals surface area contributed by atoms with Gasteiger partial charge in [0.25, 0.3) is 0 Å². The first-order valence-corrected chi connectivity index (χ1v) is 8.65. The third-order valence-electron chi connectivity index (χ3n) is 5.99. The Morgan fingerprint density at radius 1 is 1.15 bits per heavy atom. The van der Waals surface area contributed by atoms with Gasteiger partial charge < -0.3 is 0 Å². The molecule has 130 valence electrons. The highest BCUT2D eigenvalue weighted by molar-refractivity contribution is 6.10. The van der Waals surface area contributed by atoms with Crippen molar-refractivity contribution in [2.75, 3.05) is 0 Å². The predicted molar refractivity (Wildman–Crippen MR) is 95.7 cm³/mol. The van der Waals surface area contributed by atoms with Gasteiger partial charge in [-0.1, -0.05) is 32.0 Å². The Kier molecular flexibility index (Phi) is 3.32. The Labute approximate surface area is 151 Å². The van der Waals surface area contributed by atoms with Crippen molar-refractivity contribution in [3.05, 3.63) is 59.4 Å². The molecule has 2 aliphatic rings. The molecule has 0 aliphatic heterocycles. The van der Waals surface area contributed by atoms with E-state index in [4.69, 9.17) is 0 Å². The van der Waals surface area contributed by atoms with Crippen LogP contribution in [-0.2, 0) is 11.2 Å². The maximum absolute atomic E-state index is 13.4. The van der Waals surface area contributed by atoms with Gasteiger partial charge in [-0.05, 0) is 37.5 Å². The number of ketones is 2. The maximum Gasteiger partial charge on any atom is 0.178 e. The van der Waals surface area contributed by atoms with Crippen LogP contribution >= 0.6 is 0 Å². The second-order valence-electron chi connectivity index (χ2n) is 7.84. The predicted octanol–water partition coefficient (Wildman–Crippen LogP) is 3.29. The molecular formula is C21H19N3O2. The van der Waals surface area contributed by atoms with Crippen molar-refractivity contribution in [2.24, 2.45) is 16.7 Å². The molecule has 0 N–H and O–H groups in total. The second-order valence-corrected chi connectivity index (χ2v) is 7.84. The highest BCUT2D eigenvalue weighted by Gasteiger charge is 2.57. The molecule has 1 aromatic heterocycles. The van der Waals surface area contributed by atoms with Crippen LogP contribution in [0.1, 0.15) is 36.8 Å². The van der Waals surface area contributed by atoms with Crippen molar-refractivity contribution in [1.29, 1.82) is 5.26 Å². The summed E-state index contributed by atoms with van der Waals surface area (Å²) in [6, 6.07) is 11.6. The number of hydrogen-bond donors (Lipinski definition) is 0. The van der Waals surface area contributed by atoms with Crippen LogP contribution in [0, 0.1) is 28.1 Å². The molecule has 26 heavy (non-hydrogen) atoms. The van der Waals surface area contributed by atoms with Crippen LogP contribution in [0.15, 0.2) is 48.2 Å². The smallest absolute Gasteiger partial charge is 0.178 e. The quantitative estimate of drug-likeness (QED) is 0.795. The van der Waals surface area contributed by atoms with E-state index < -0.39 is 10.8 Å². The van der Waals surface area contributed by atoms with Gasteiger partial charge in [0, 0.05) is 5.41 Å². The van der Waals surface area contributed by atoms with Gasteiger partial charge in [-0.3, -0.25) is 9.59 Å². The molecule has 0 spiro atoms. The van der Waals surface area contributed by atoms with Crippen LogP contribution in [0.25, 0.3) is 5.69 Å². The molecule has 0 radical (unpaired) electrons. The van der Waals surface area contributed by atoms with Crippen LogP contribution in [-0.4, -0.2) is 21.3 Å². The van der Waals surface area contributed by atoms with Gasteiger partial charge in [-0.2, -0.15) is 10.4 Å². The first-order chi connectivity index (χ1) is 12.3. The molecule has 2 atom stereocenters. The van der Waals surface area contributed by atoms with Gasteiger partial charge in [0.15, 0.2) is 11.6 Å². The summed E-state index contributed by atoms with van der Waals surface area (Å²) in [6.45, 7) is 5.52. The Morgan fingerprint density at radius 2 is 1.85 bits per heavy atom. The fourth-order valence-electron chi connectivity index (χ4n) is 4.53. The molecule has 0 bridgehead atoms. The van der Waals surface area contributed by atoms with Crippen molar-refractivity contribution < 1.29 is 9.59 Å². The molecule has 4 rings (SSSR count). The molecule has 2 aliphatic carbocycles. The summed E-state index contributed by atoms with van der Waals surface area (Å²) in [5.41, 5.74) is 0.706. The molecular weight excluding hydrogens is 326 g/mol. The summed E-state index contributed by atoms with van der Waals surface area (Å²) in [5, 5.41) is 13.8. The van der Waals surface area contributed by atoms with Crippen molar-refractivity contribution in [1.82, 2.24) is 9.78 Å². The van der Waals surface area contributed by atoms with Crippen molar-refractivity contribution in [3.8, 4) is 11.8 Å². The minimum atomic E-state index is -0.875. The van der Waals surface area contributed by atoms with Gasteiger partial charge >= 0.3 is 0 Å². The van der Waals surface area contributed by atoms with E-state index in [9.17, 15) is 14.9 Å².